The van der Waals surface area contributed by atoms with Crippen LogP contribution in [0.3, 0.4) is 0 Å². The molecule has 1 aromatic heterocycles. The fraction of sp³-hybridized carbons (Fsp3) is 0.583. The number of nitrogens with one attached hydrogen (secondary N) is 1. The number of nitrogens with zero attached hydrogens (tertiary/aromatic N) is 1. The van der Waals surface area contributed by atoms with Crippen LogP contribution in [0, 0.1) is 0 Å². The minimum absolute atomic E-state index is 0.00407. The molecule has 0 aromatic carbocycles. The van der Waals surface area contributed by atoms with Crippen molar-refractivity contribution >= 4 is 11.9 Å². The first-order valence-corrected chi connectivity index (χ1v) is 6.39. The highest BCUT2D eigenvalue weighted by Gasteiger charge is 2.32. The van der Waals surface area contributed by atoms with Crippen molar-refractivity contribution in [3.8, 4) is 0 Å². The topological polar surface area (TPSA) is 24.9 Å². The Hall–Kier alpha value is -0.750. The Morgan fingerprint density at radius 1 is 1.22 bits per heavy atom. The molecule has 0 amide bonds. The molecule has 2 nitrogen and oxygen atoms in total. The number of hydrogen-bond acceptors (Lipinski definition) is 3. The summed E-state index contributed by atoms with van der Waals surface area (Å²) in [5.41, 5.74) is -0.462. The molecule has 1 rings (SSSR count). The molecular formula is C12H17F3N2S. The summed E-state index contributed by atoms with van der Waals surface area (Å²) in [4.78, 5) is 3.64. The van der Waals surface area contributed by atoms with Crippen molar-refractivity contribution in [3.63, 3.8) is 0 Å². The number of alkyl halides is 3. The maximum absolute atomic E-state index is 12.5. The lowest BCUT2D eigenvalue weighted by Crippen LogP contribution is -2.21. The van der Waals surface area contributed by atoms with Gasteiger partial charge < -0.3 is 0 Å². The third-order valence-electron chi connectivity index (χ3n) is 2.05. The first-order chi connectivity index (χ1) is 8.09. The first kappa shape index (κ1) is 15.3. The van der Waals surface area contributed by atoms with Crippen LogP contribution >= 0.6 is 11.9 Å². The van der Waals surface area contributed by atoms with Crippen LogP contribution in [0.2, 0.25) is 0 Å². The summed E-state index contributed by atoms with van der Waals surface area (Å²) in [6.07, 6.45) is -4.40. The highest BCUT2D eigenvalue weighted by molar-refractivity contribution is 7.98. The van der Waals surface area contributed by atoms with E-state index < -0.39 is 11.9 Å². The molecule has 0 aliphatic rings. The van der Waals surface area contributed by atoms with E-state index in [0.29, 0.717) is 5.69 Å². The predicted molar refractivity (Wildman–Crippen MR) is 68.1 cm³/mol. The summed E-state index contributed by atoms with van der Waals surface area (Å²) in [6.45, 7) is 7.87. The normalized spacial score (nSPS) is 14.6. The van der Waals surface area contributed by atoms with E-state index in [0.717, 1.165) is 6.07 Å². The quantitative estimate of drug-likeness (QED) is 0.839. The highest BCUT2D eigenvalue weighted by atomic mass is 32.2. The van der Waals surface area contributed by atoms with Gasteiger partial charge in [-0.15, -0.1) is 0 Å². The minimum atomic E-state index is -4.40. The monoisotopic (exact) mass is 278 g/mol. The molecule has 1 heterocycles. The third-order valence-corrected chi connectivity index (χ3v) is 3.13. The lowest BCUT2D eigenvalue weighted by Gasteiger charge is -2.21. The van der Waals surface area contributed by atoms with Gasteiger partial charge in [-0.1, -0.05) is 18.0 Å². The van der Waals surface area contributed by atoms with E-state index in [2.05, 4.69) is 9.71 Å². The number of pyridine rings is 1. The molecule has 1 unspecified atom stereocenters. The summed E-state index contributed by atoms with van der Waals surface area (Å²) in [5, 5.41) is 0. The number of rotatable bonds is 3. The fourth-order valence-electron chi connectivity index (χ4n) is 1.18. The molecule has 1 N–H and O–H groups in total. The highest BCUT2D eigenvalue weighted by Crippen LogP contribution is 2.29. The molecule has 1 aromatic rings. The number of halogens is 3. The zero-order valence-electron chi connectivity index (χ0n) is 10.8. The largest absolute Gasteiger partial charge is 0.433 e. The second kappa shape index (κ2) is 5.48. The van der Waals surface area contributed by atoms with E-state index in [9.17, 15) is 13.2 Å². The molecule has 0 spiro atoms. The van der Waals surface area contributed by atoms with Crippen molar-refractivity contribution in [3.05, 3.63) is 29.6 Å². The molecule has 102 valence electrons. The third kappa shape index (κ3) is 4.86. The minimum Gasteiger partial charge on any atom is -0.255 e. The van der Waals surface area contributed by atoms with Gasteiger partial charge in [-0.25, -0.2) is 4.98 Å². The smallest absolute Gasteiger partial charge is 0.255 e. The number of hydrogen-bond donors (Lipinski definition) is 1. The van der Waals surface area contributed by atoms with Crippen LogP contribution in [0.25, 0.3) is 0 Å². The van der Waals surface area contributed by atoms with Gasteiger partial charge in [0.1, 0.15) is 5.69 Å². The Morgan fingerprint density at radius 2 is 1.83 bits per heavy atom. The van der Waals surface area contributed by atoms with Crippen molar-refractivity contribution in [2.45, 2.75) is 44.7 Å². The van der Waals surface area contributed by atoms with Crippen LogP contribution in [-0.2, 0) is 6.18 Å². The summed E-state index contributed by atoms with van der Waals surface area (Å²) in [7, 11) is 0. The van der Waals surface area contributed by atoms with Crippen molar-refractivity contribution in [2.24, 2.45) is 0 Å². The summed E-state index contributed by atoms with van der Waals surface area (Å²) in [5.74, 6) is 0. The zero-order chi connectivity index (χ0) is 14.0. The van der Waals surface area contributed by atoms with Crippen molar-refractivity contribution in [1.29, 1.82) is 0 Å². The second-order valence-corrected chi connectivity index (χ2v) is 6.66. The lowest BCUT2D eigenvalue weighted by atomic mass is 10.2. The van der Waals surface area contributed by atoms with Gasteiger partial charge in [-0.05, 0) is 39.8 Å². The van der Waals surface area contributed by atoms with Gasteiger partial charge in [0, 0.05) is 4.75 Å². The average molecular weight is 278 g/mol. The van der Waals surface area contributed by atoms with E-state index in [1.807, 2.05) is 20.8 Å². The van der Waals surface area contributed by atoms with E-state index in [-0.39, 0.29) is 10.8 Å². The zero-order valence-corrected chi connectivity index (χ0v) is 11.6. The molecule has 0 bridgehead atoms. The van der Waals surface area contributed by atoms with Gasteiger partial charge in [0.15, 0.2) is 0 Å². The van der Waals surface area contributed by atoms with E-state index >= 15 is 0 Å². The number of aromatic nitrogens is 1. The Labute approximate surface area is 110 Å². The first-order valence-electron chi connectivity index (χ1n) is 5.57. The van der Waals surface area contributed by atoms with Gasteiger partial charge in [-0.3, -0.25) is 4.72 Å². The van der Waals surface area contributed by atoms with Crippen molar-refractivity contribution in [2.75, 3.05) is 0 Å². The van der Waals surface area contributed by atoms with Crippen LogP contribution < -0.4 is 4.72 Å². The molecule has 0 saturated heterocycles. The molecular weight excluding hydrogens is 261 g/mol. The Bertz CT molecular complexity index is 399. The molecule has 0 fully saturated rings. The maximum Gasteiger partial charge on any atom is 0.433 e. The van der Waals surface area contributed by atoms with E-state index in [1.165, 1.54) is 18.0 Å². The van der Waals surface area contributed by atoms with E-state index in [1.54, 1.807) is 13.0 Å². The van der Waals surface area contributed by atoms with Gasteiger partial charge in [0.25, 0.3) is 0 Å². The van der Waals surface area contributed by atoms with E-state index in [4.69, 9.17) is 0 Å². The van der Waals surface area contributed by atoms with Crippen LogP contribution in [-0.4, -0.2) is 9.73 Å². The summed E-state index contributed by atoms with van der Waals surface area (Å²) >= 11 is 1.48. The maximum atomic E-state index is 12.5. The lowest BCUT2D eigenvalue weighted by molar-refractivity contribution is -0.141. The van der Waals surface area contributed by atoms with Crippen LogP contribution in [0.1, 0.15) is 45.1 Å². The summed E-state index contributed by atoms with van der Waals surface area (Å²) in [6, 6.07) is 3.71. The fourth-order valence-corrected chi connectivity index (χ4v) is 1.83. The molecule has 0 aliphatic heterocycles. The summed E-state index contributed by atoms with van der Waals surface area (Å²) < 4.78 is 40.7. The van der Waals surface area contributed by atoms with Crippen molar-refractivity contribution in [1.82, 2.24) is 9.71 Å². The van der Waals surface area contributed by atoms with Gasteiger partial charge >= 0.3 is 6.18 Å². The Kier molecular flexibility index (Phi) is 4.66. The van der Waals surface area contributed by atoms with Gasteiger partial charge in [0.2, 0.25) is 0 Å². The Balaban J connectivity index is 2.78. The molecule has 1 atom stereocenters. The second-order valence-electron chi connectivity index (χ2n) is 5.00. The van der Waals surface area contributed by atoms with Crippen molar-refractivity contribution < 1.29 is 13.2 Å². The molecule has 0 saturated carbocycles. The van der Waals surface area contributed by atoms with Crippen LogP contribution in [0.5, 0.6) is 0 Å². The molecule has 18 heavy (non-hydrogen) atoms. The van der Waals surface area contributed by atoms with Gasteiger partial charge in [0.05, 0.1) is 11.7 Å². The Morgan fingerprint density at radius 3 is 2.33 bits per heavy atom. The average Bonchev–Trinajstić information content (AvgIpc) is 2.24. The standard InChI is InChI=1S/C12H17F3N2S/c1-8(17-18-11(2,3)4)9-6-5-7-10(16-9)12(13,14)15/h5-8,17H,1-4H3. The molecule has 0 radical (unpaired) electrons. The SMILES string of the molecule is CC(NSC(C)(C)C)c1cccc(C(F)(F)F)n1. The predicted octanol–water partition coefficient (Wildman–Crippen LogP) is 4.20. The van der Waals surface area contributed by atoms with Crippen LogP contribution in [0.15, 0.2) is 18.2 Å². The van der Waals surface area contributed by atoms with Gasteiger partial charge in [-0.2, -0.15) is 13.2 Å². The molecule has 0 aliphatic carbocycles. The molecule has 6 heteroatoms. The van der Waals surface area contributed by atoms with Crippen LogP contribution in [0.4, 0.5) is 13.2 Å².